The minimum absolute atomic E-state index is 0.0490. The number of nitrogens with one attached hydrogen (secondary N) is 1. The Morgan fingerprint density at radius 3 is 2.86 bits per heavy atom. The smallest absolute Gasteiger partial charge is 0.255 e. The molecule has 1 saturated carbocycles. The largest absolute Gasteiger partial charge is 0.506 e. The minimum Gasteiger partial charge on any atom is -0.506 e. The zero-order chi connectivity index (χ0) is 14.8. The van der Waals surface area contributed by atoms with E-state index in [4.69, 9.17) is 5.73 Å². The highest BCUT2D eigenvalue weighted by atomic mass is 16.3. The molecule has 1 aliphatic rings. The Hall–Kier alpha value is -2.07. The van der Waals surface area contributed by atoms with Crippen molar-refractivity contribution >= 4 is 16.7 Å². The van der Waals surface area contributed by atoms with Gasteiger partial charge >= 0.3 is 0 Å². The van der Waals surface area contributed by atoms with Crippen LogP contribution in [0.3, 0.4) is 0 Å². The number of hydrogen-bond donors (Lipinski definition) is 3. The van der Waals surface area contributed by atoms with Gasteiger partial charge in [-0.2, -0.15) is 0 Å². The average Bonchev–Trinajstić information content (AvgIpc) is 2.95. The lowest BCUT2D eigenvalue weighted by Gasteiger charge is -2.20. The van der Waals surface area contributed by atoms with E-state index in [2.05, 4.69) is 5.32 Å². The van der Waals surface area contributed by atoms with Crippen molar-refractivity contribution in [3.63, 3.8) is 0 Å². The third kappa shape index (κ3) is 2.59. The molecular weight excluding hydrogens is 264 g/mol. The zero-order valence-electron chi connectivity index (χ0n) is 11.9. The van der Waals surface area contributed by atoms with Crippen LogP contribution in [0.2, 0.25) is 0 Å². The van der Waals surface area contributed by atoms with E-state index in [1.807, 2.05) is 30.3 Å². The van der Waals surface area contributed by atoms with Crippen LogP contribution in [0.25, 0.3) is 10.8 Å². The monoisotopic (exact) mass is 284 g/mol. The summed E-state index contributed by atoms with van der Waals surface area (Å²) in [5, 5.41) is 15.0. The highest BCUT2D eigenvalue weighted by Gasteiger charge is 2.28. The Morgan fingerprint density at radius 2 is 2.05 bits per heavy atom. The number of nitrogens with two attached hydrogens (primary N) is 1. The Morgan fingerprint density at radius 1 is 1.24 bits per heavy atom. The first-order valence-electron chi connectivity index (χ1n) is 7.42. The number of aromatic hydroxyl groups is 1. The molecule has 4 nitrogen and oxygen atoms in total. The van der Waals surface area contributed by atoms with E-state index in [1.54, 1.807) is 6.07 Å². The molecule has 2 aromatic rings. The fourth-order valence-corrected chi connectivity index (χ4v) is 3.19. The van der Waals surface area contributed by atoms with Crippen molar-refractivity contribution in [2.75, 3.05) is 6.54 Å². The van der Waals surface area contributed by atoms with Gasteiger partial charge in [0.15, 0.2) is 0 Å². The van der Waals surface area contributed by atoms with Gasteiger partial charge in [-0.05, 0) is 36.8 Å². The standard InChI is InChI=1S/C17H20N2O2/c18-10-12-5-3-7-15(12)19-17(21)14-9-8-11-4-1-2-6-13(11)16(14)20/h1-2,4,6,8-9,12,15,20H,3,5,7,10,18H2,(H,19,21). The Balaban J connectivity index is 1.86. The third-order valence-corrected chi connectivity index (χ3v) is 4.42. The van der Waals surface area contributed by atoms with E-state index in [1.165, 1.54) is 0 Å². The Labute approximate surface area is 124 Å². The molecule has 1 fully saturated rings. The number of amides is 1. The summed E-state index contributed by atoms with van der Waals surface area (Å²) in [5.41, 5.74) is 6.07. The number of carbonyl (C=O) groups excluding carboxylic acids is 1. The highest BCUT2D eigenvalue weighted by Crippen LogP contribution is 2.30. The second-order valence-corrected chi connectivity index (χ2v) is 5.69. The van der Waals surface area contributed by atoms with Gasteiger partial charge in [-0.15, -0.1) is 0 Å². The summed E-state index contributed by atoms with van der Waals surface area (Å²) >= 11 is 0. The SMILES string of the molecule is NCC1CCCC1NC(=O)c1ccc2ccccc2c1O. The summed E-state index contributed by atoms with van der Waals surface area (Å²) in [5.74, 6) is 0.174. The maximum atomic E-state index is 12.4. The predicted molar refractivity (Wildman–Crippen MR) is 83.3 cm³/mol. The molecule has 2 unspecified atom stereocenters. The maximum Gasteiger partial charge on any atom is 0.255 e. The van der Waals surface area contributed by atoms with E-state index in [0.29, 0.717) is 23.4 Å². The molecule has 1 aliphatic carbocycles. The summed E-state index contributed by atoms with van der Waals surface area (Å²) < 4.78 is 0. The molecule has 0 radical (unpaired) electrons. The van der Waals surface area contributed by atoms with Crippen molar-refractivity contribution in [3.05, 3.63) is 42.0 Å². The van der Waals surface area contributed by atoms with Crippen LogP contribution >= 0.6 is 0 Å². The van der Waals surface area contributed by atoms with E-state index in [-0.39, 0.29) is 17.7 Å². The molecule has 1 amide bonds. The molecule has 0 heterocycles. The number of hydrogen-bond acceptors (Lipinski definition) is 3. The molecule has 4 heteroatoms. The maximum absolute atomic E-state index is 12.4. The van der Waals surface area contributed by atoms with Crippen molar-refractivity contribution in [1.29, 1.82) is 0 Å². The van der Waals surface area contributed by atoms with E-state index in [9.17, 15) is 9.90 Å². The molecular formula is C17H20N2O2. The van der Waals surface area contributed by atoms with Crippen molar-refractivity contribution in [1.82, 2.24) is 5.32 Å². The molecule has 0 spiro atoms. The van der Waals surface area contributed by atoms with Crippen LogP contribution < -0.4 is 11.1 Å². The van der Waals surface area contributed by atoms with Crippen LogP contribution in [0.15, 0.2) is 36.4 Å². The van der Waals surface area contributed by atoms with Gasteiger partial charge < -0.3 is 16.2 Å². The molecule has 0 saturated heterocycles. The molecule has 21 heavy (non-hydrogen) atoms. The molecule has 0 bridgehead atoms. The number of benzene rings is 2. The van der Waals surface area contributed by atoms with Crippen LogP contribution in [-0.4, -0.2) is 23.6 Å². The molecule has 3 rings (SSSR count). The number of rotatable bonds is 3. The quantitative estimate of drug-likeness (QED) is 0.810. The van der Waals surface area contributed by atoms with Gasteiger partial charge in [0.25, 0.3) is 5.91 Å². The van der Waals surface area contributed by atoms with Crippen molar-refractivity contribution in [2.24, 2.45) is 11.7 Å². The lowest BCUT2D eigenvalue weighted by molar-refractivity contribution is 0.0926. The van der Waals surface area contributed by atoms with Gasteiger partial charge in [0.1, 0.15) is 5.75 Å². The second-order valence-electron chi connectivity index (χ2n) is 5.69. The summed E-state index contributed by atoms with van der Waals surface area (Å²) in [4.78, 5) is 12.4. The second kappa shape index (κ2) is 5.74. The fraction of sp³-hybridized carbons (Fsp3) is 0.353. The first-order valence-corrected chi connectivity index (χ1v) is 7.42. The number of phenols is 1. The van der Waals surface area contributed by atoms with Crippen LogP contribution in [0, 0.1) is 5.92 Å². The number of fused-ring (bicyclic) bond motifs is 1. The van der Waals surface area contributed by atoms with Gasteiger partial charge in [0.2, 0.25) is 0 Å². The predicted octanol–water partition coefficient (Wildman–Crippen LogP) is 2.40. The van der Waals surface area contributed by atoms with Crippen LogP contribution in [0.4, 0.5) is 0 Å². The van der Waals surface area contributed by atoms with E-state index < -0.39 is 0 Å². The lowest BCUT2D eigenvalue weighted by Crippen LogP contribution is -2.39. The fourth-order valence-electron chi connectivity index (χ4n) is 3.19. The first kappa shape index (κ1) is 13.9. The summed E-state index contributed by atoms with van der Waals surface area (Å²) in [7, 11) is 0. The molecule has 2 aromatic carbocycles. The molecule has 110 valence electrons. The average molecular weight is 284 g/mol. The van der Waals surface area contributed by atoms with Crippen LogP contribution in [0.1, 0.15) is 29.6 Å². The summed E-state index contributed by atoms with van der Waals surface area (Å²) in [6.45, 7) is 0.592. The first-order chi connectivity index (χ1) is 10.2. The summed E-state index contributed by atoms with van der Waals surface area (Å²) in [6, 6.07) is 11.2. The van der Waals surface area contributed by atoms with Crippen LogP contribution in [-0.2, 0) is 0 Å². The lowest BCUT2D eigenvalue weighted by atomic mass is 10.0. The normalized spacial score (nSPS) is 21.6. The molecule has 4 N–H and O–H groups in total. The van der Waals surface area contributed by atoms with Crippen molar-refractivity contribution in [3.8, 4) is 5.75 Å². The van der Waals surface area contributed by atoms with Gasteiger partial charge in [0.05, 0.1) is 5.56 Å². The molecule has 0 aromatic heterocycles. The Bertz CT molecular complexity index is 669. The van der Waals surface area contributed by atoms with Gasteiger partial charge in [-0.25, -0.2) is 0 Å². The molecule has 0 aliphatic heterocycles. The Kier molecular flexibility index (Phi) is 3.80. The van der Waals surface area contributed by atoms with Gasteiger partial charge in [-0.1, -0.05) is 36.8 Å². The zero-order valence-corrected chi connectivity index (χ0v) is 11.9. The molecule has 2 atom stereocenters. The number of carbonyl (C=O) groups is 1. The highest BCUT2D eigenvalue weighted by molar-refractivity contribution is 6.03. The topological polar surface area (TPSA) is 75.3 Å². The van der Waals surface area contributed by atoms with Crippen molar-refractivity contribution in [2.45, 2.75) is 25.3 Å². The van der Waals surface area contributed by atoms with E-state index >= 15 is 0 Å². The third-order valence-electron chi connectivity index (χ3n) is 4.42. The van der Waals surface area contributed by atoms with Gasteiger partial charge in [0, 0.05) is 11.4 Å². The minimum atomic E-state index is -0.219. The van der Waals surface area contributed by atoms with E-state index in [0.717, 1.165) is 24.6 Å². The van der Waals surface area contributed by atoms with Crippen LogP contribution in [0.5, 0.6) is 5.75 Å². The summed E-state index contributed by atoms with van der Waals surface area (Å²) in [6.07, 6.45) is 3.11. The number of phenolic OH excluding ortho intramolecular Hbond substituents is 1. The van der Waals surface area contributed by atoms with Crippen molar-refractivity contribution < 1.29 is 9.90 Å². The van der Waals surface area contributed by atoms with Gasteiger partial charge in [-0.3, -0.25) is 4.79 Å².